The molecular weight excluding hydrogens is 358 g/mol. The van der Waals surface area contributed by atoms with Gasteiger partial charge in [-0.05, 0) is 60.0 Å². The zero-order valence-electron chi connectivity index (χ0n) is 18.9. The topological polar surface area (TPSA) is 43.7 Å². The number of likely N-dealkylation sites (tertiary alicyclic amines) is 1. The fraction of sp³-hybridized carbons (Fsp3) is 0.538. The van der Waals surface area contributed by atoms with E-state index in [0.29, 0.717) is 11.5 Å². The fourth-order valence-electron chi connectivity index (χ4n) is 4.33. The first-order valence-electron chi connectivity index (χ1n) is 10.9. The van der Waals surface area contributed by atoms with Crippen LogP contribution in [0.25, 0.3) is 0 Å². The van der Waals surface area contributed by atoms with Crippen molar-refractivity contribution in [1.29, 1.82) is 0 Å². The summed E-state index contributed by atoms with van der Waals surface area (Å²) in [6.07, 6.45) is 3.54. The van der Waals surface area contributed by atoms with Gasteiger partial charge in [0.25, 0.3) is 0 Å². The largest absolute Gasteiger partial charge is 0.508 e. The summed E-state index contributed by atoms with van der Waals surface area (Å²) in [5.74, 6) is 0.658. The molecule has 0 spiro atoms. The second-order valence-electron chi connectivity index (χ2n) is 10.5. The highest BCUT2D eigenvalue weighted by Gasteiger charge is 2.32. The molecule has 0 radical (unpaired) electrons. The molecule has 3 nitrogen and oxygen atoms in total. The summed E-state index contributed by atoms with van der Waals surface area (Å²) in [6, 6.07) is 11.8. The first-order valence-corrected chi connectivity index (χ1v) is 10.9. The van der Waals surface area contributed by atoms with E-state index in [1.165, 1.54) is 12.0 Å². The number of hydrogen-bond acceptors (Lipinski definition) is 3. The molecule has 3 heteroatoms. The lowest BCUT2D eigenvalue weighted by Crippen LogP contribution is -2.35. The highest BCUT2D eigenvalue weighted by Crippen LogP contribution is 2.45. The number of piperidine rings is 1. The summed E-state index contributed by atoms with van der Waals surface area (Å²) >= 11 is 0. The van der Waals surface area contributed by atoms with Crippen LogP contribution in [0.15, 0.2) is 36.4 Å². The Balaban J connectivity index is 2.28. The monoisotopic (exact) mass is 395 g/mol. The molecule has 1 atom stereocenters. The van der Waals surface area contributed by atoms with E-state index in [0.717, 1.165) is 42.6 Å². The van der Waals surface area contributed by atoms with Gasteiger partial charge in [-0.15, -0.1) is 0 Å². The van der Waals surface area contributed by atoms with Crippen LogP contribution in [0.1, 0.15) is 89.1 Å². The van der Waals surface area contributed by atoms with Gasteiger partial charge >= 0.3 is 0 Å². The van der Waals surface area contributed by atoms with Gasteiger partial charge in [0.05, 0.1) is 6.04 Å². The molecule has 2 N–H and O–H groups in total. The summed E-state index contributed by atoms with van der Waals surface area (Å²) < 4.78 is 0. The molecule has 158 valence electrons. The van der Waals surface area contributed by atoms with Crippen LogP contribution in [0.4, 0.5) is 0 Å². The second-order valence-corrected chi connectivity index (χ2v) is 10.5. The quantitative estimate of drug-likeness (QED) is 0.644. The number of aromatic hydroxyl groups is 2. The molecule has 1 heterocycles. The van der Waals surface area contributed by atoms with Crippen molar-refractivity contribution in [1.82, 2.24) is 4.90 Å². The predicted molar refractivity (Wildman–Crippen MR) is 121 cm³/mol. The van der Waals surface area contributed by atoms with Crippen molar-refractivity contribution in [2.24, 2.45) is 0 Å². The van der Waals surface area contributed by atoms with Crippen molar-refractivity contribution in [3.8, 4) is 11.5 Å². The summed E-state index contributed by atoms with van der Waals surface area (Å²) in [6.45, 7) is 15.0. The van der Waals surface area contributed by atoms with Crippen molar-refractivity contribution < 1.29 is 10.2 Å². The van der Waals surface area contributed by atoms with Crippen LogP contribution < -0.4 is 0 Å². The molecule has 2 aromatic rings. The van der Waals surface area contributed by atoms with Crippen molar-refractivity contribution in [2.75, 3.05) is 13.1 Å². The molecule has 0 aliphatic carbocycles. The number of nitrogens with zero attached hydrogens (tertiary/aromatic N) is 1. The minimum absolute atomic E-state index is 0.0341. The molecule has 29 heavy (non-hydrogen) atoms. The Hall–Kier alpha value is -2.00. The van der Waals surface area contributed by atoms with Gasteiger partial charge in [-0.1, -0.05) is 72.2 Å². The molecule has 0 saturated carbocycles. The second kappa shape index (κ2) is 8.02. The molecule has 1 unspecified atom stereocenters. The zero-order valence-corrected chi connectivity index (χ0v) is 18.9. The fourth-order valence-corrected chi connectivity index (χ4v) is 4.33. The Kier molecular flexibility index (Phi) is 6.01. The number of rotatable bonds is 3. The normalized spacial score (nSPS) is 17.3. The van der Waals surface area contributed by atoms with Crippen LogP contribution >= 0.6 is 0 Å². The van der Waals surface area contributed by atoms with Gasteiger partial charge in [0.15, 0.2) is 0 Å². The van der Waals surface area contributed by atoms with Gasteiger partial charge in [-0.25, -0.2) is 0 Å². The number of benzene rings is 2. The average Bonchev–Trinajstić information content (AvgIpc) is 2.64. The third-order valence-corrected chi connectivity index (χ3v) is 6.10. The summed E-state index contributed by atoms with van der Waals surface area (Å²) in [4.78, 5) is 2.42. The van der Waals surface area contributed by atoms with Crippen LogP contribution in [0.5, 0.6) is 11.5 Å². The maximum absolute atomic E-state index is 11.5. The average molecular weight is 396 g/mol. The smallest absolute Gasteiger partial charge is 0.124 e. The van der Waals surface area contributed by atoms with E-state index in [2.05, 4.69) is 58.6 Å². The van der Waals surface area contributed by atoms with Gasteiger partial charge in [0, 0.05) is 11.1 Å². The van der Waals surface area contributed by atoms with Gasteiger partial charge in [0.2, 0.25) is 0 Å². The van der Waals surface area contributed by atoms with Crippen LogP contribution in [0.3, 0.4) is 0 Å². The Morgan fingerprint density at radius 3 is 1.97 bits per heavy atom. The Morgan fingerprint density at radius 2 is 1.41 bits per heavy atom. The van der Waals surface area contributed by atoms with E-state index >= 15 is 0 Å². The minimum Gasteiger partial charge on any atom is -0.508 e. The lowest BCUT2D eigenvalue weighted by Gasteiger charge is -2.37. The molecular formula is C26H37NO2. The Bertz CT molecular complexity index is 852. The molecule has 0 aromatic heterocycles. The summed E-state index contributed by atoms with van der Waals surface area (Å²) in [7, 11) is 0. The van der Waals surface area contributed by atoms with E-state index in [4.69, 9.17) is 0 Å². The lowest BCUT2D eigenvalue weighted by atomic mass is 9.77. The molecule has 1 aliphatic rings. The minimum atomic E-state index is -0.175. The number of phenolic OH excluding ortho intramolecular Hbond substituents is 2. The Morgan fingerprint density at radius 1 is 0.793 bits per heavy atom. The first-order chi connectivity index (χ1) is 13.5. The van der Waals surface area contributed by atoms with Crippen molar-refractivity contribution in [2.45, 2.75) is 77.7 Å². The van der Waals surface area contributed by atoms with Crippen molar-refractivity contribution >= 4 is 0 Å². The van der Waals surface area contributed by atoms with Crippen LogP contribution in [-0.2, 0) is 10.8 Å². The van der Waals surface area contributed by atoms with Gasteiger partial charge in [-0.3, -0.25) is 4.90 Å². The van der Waals surface area contributed by atoms with E-state index in [9.17, 15) is 10.2 Å². The number of phenols is 2. The zero-order chi connectivity index (χ0) is 21.4. The van der Waals surface area contributed by atoms with E-state index in [1.807, 2.05) is 18.2 Å². The van der Waals surface area contributed by atoms with Crippen LogP contribution in [0.2, 0.25) is 0 Å². The van der Waals surface area contributed by atoms with E-state index in [-0.39, 0.29) is 16.9 Å². The third kappa shape index (κ3) is 4.61. The van der Waals surface area contributed by atoms with E-state index in [1.54, 1.807) is 6.07 Å². The number of para-hydroxylation sites is 1. The van der Waals surface area contributed by atoms with Crippen LogP contribution in [-0.4, -0.2) is 28.2 Å². The number of hydrogen-bond donors (Lipinski definition) is 2. The highest BCUT2D eigenvalue weighted by atomic mass is 16.3. The van der Waals surface area contributed by atoms with Crippen molar-refractivity contribution in [3.63, 3.8) is 0 Å². The first kappa shape index (κ1) is 21.7. The predicted octanol–water partition coefficient (Wildman–Crippen LogP) is 6.27. The van der Waals surface area contributed by atoms with Crippen LogP contribution in [0, 0.1) is 0 Å². The molecule has 1 saturated heterocycles. The molecule has 0 amide bonds. The van der Waals surface area contributed by atoms with Crippen molar-refractivity contribution in [3.05, 3.63) is 58.7 Å². The molecule has 1 aliphatic heterocycles. The van der Waals surface area contributed by atoms with Gasteiger partial charge < -0.3 is 10.2 Å². The summed E-state index contributed by atoms with van der Waals surface area (Å²) in [5, 5.41) is 22.2. The lowest BCUT2D eigenvalue weighted by molar-refractivity contribution is 0.182. The Labute approximate surface area is 176 Å². The van der Waals surface area contributed by atoms with Gasteiger partial charge in [-0.2, -0.15) is 0 Å². The molecule has 1 fully saturated rings. The third-order valence-electron chi connectivity index (χ3n) is 6.10. The maximum atomic E-state index is 11.5. The summed E-state index contributed by atoms with van der Waals surface area (Å²) in [5.41, 5.74) is 3.75. The van der Waals surface area contributed by atoms with Gasteiger partial charge in [0.1, 0.15) is 11.5 Å². The van der Waals surface area contributed by atoms with E-state index < -0.39 is 0 Å². The standard InChI is InChI=1S/C26H37NO2/c1-25(2,3)18-16-20(24(29)21(17-18)26(4,5)6)23(27-14-10-7-11-15-27)19-12-8-9-13-22(19)28/h8-9,12-13,16-17,23,28-29H,7,10-11,14-15H2,1-6H3. The molecule has 0 bridgehead atoms. The highest BCUT2D eigenvalue weighted by molar-refractivity contribution is 5.54. The maximum Gasteiger partial charge on any atom is 0.124 e. The SMILES string of the molecule is CC(C)(C)c1cc(C(c2ccccc2O)N2CCCCC2)c(O)c(C(C)(C)C)c1. The molecule has 3 rings (SSSR count). The molecule has 2 aromatic carbocycles.